The van der Waals surface area contributed by atoms with Gasteiger partial charge in [0.15, 0.2) is 0 Å². The summed E-state index contributed by atoms with van der Waals surface area (Å²) in [5, 5.41) is 12.8. The lowest BCUT2D eigenvalue weighted by atomic mass is 9.96. The summed E-state index contributed by atoms with van der Waals surface area (Å²) in [6.45, 7) is 5.47. The van der Waals surface area contributed by atoms with E-state index in [4.69, 9.17) is 5.73 Å². The number of anilines is 2. The van der Waals surface area contributed by atoms with Gasteiger partial charge in [0.25, 0.3) is 0 Å². The number of aromatic nitrogens is 3. The second-order valence-corrected chi connectivity index (χ2v) is 7.37. The van der Waals surface area contributed by atoms with Crippen molar-refractivity contribution in [2.75, 3.05) is 11.1 Å². The molecule has 0 aliphatic heterocycles. The molecule has 4 N–H and O–H groups in total. The minimum absolute atomic E-state index is 0.175. The molecule has 2 aromatic heterocycles. The zero-order chi connectivity index (χ0) is 23.0. The largest absolute Gasteiger partial charge is 0.478 e. The number of carboxylic acids is 1. The van der Waals surface area contributed by atoms with Crippen molar-refractivity contribution >= 4 is 34.4 Å². The molecule has 0 radical (unpaired) electrons. The fourth-order valence-corrected chi connectivity index (χ4v) is 3.80. The lowest BCUT2D eigenvalue weighted by molar-refractivity contribution is -0.111. The van der Waals surface area contributed by atoms with Crippen molar-refractivity contribution in [3.8, 4) is 22.4 Å². The molecule has 4 aromatic rings. The minimum Gasteiger partial charge on any atom is -0.478 e. The van der Waals surface area contributed by atoms with Gasteiger partial charge in [-0.3, -0.25) is 4.79 Å². The van der Waals surface area contributed by atoms with Crippen LogP contribution in [0.25, 0.3) is 33.4 Å². The first-order valence-electron chi connectivity index (χ1n) is 9.78. The zero-order valence-electron chi connectivity index (χ0n) is 17.6. The Morgan fingerprint density at radius 3 is 2.53 bits per heavy atom. The molecular formula is C24H21N5O3. The van der Waals surface area contributed by atoms with E-state index < -0.39 is 5.97 Å². The summed E-state index contributed by atoms with van der Waals surface area (Å²) >= 11 is 0. The quantitative estimate of drug-likeness (QED) is 0.414. The molecule has 1 amide bonds. The number of benzene rings is 2. The maximum atomic E-state index is 12.1. The normalized spacial score (nSPS) is 10.8. The Bertz CT molecular complexity index is 1390. The SMILES string of the molecule is C=CC(=O)Nc1cc(C)ccc1-c1c(-c2ccc(C(=O)O)cc2)c2c(N)ncnc2n1C. The number of nitrogens with zero attached hydrogens (tertiary/aromatic N) is 3. The van der Waals surface area contributed by atoms with Crippen LogP contribution in [-0.4, -0.2) is 31.5 Å². The third-order valence-corrected chi connectivity index (χ3v) is 5.29. The molecule has 0 bridgehead atoms. The van der Waals surface area contributed by atoms with E-state index in [-0.39, 0.29) is 11.5 Å². The number of fused-ring (bicyclic) bond motifs is 1. The molecular weight excluding hydrogens is 406 g/mol. The maximum absolute atomic E-state index is 12.1. The highest BCUT2D eigenvalue weighted by Crippen LogP contribution is 2.43. The van der Waals surface area contributed by atoms with E-state index in [0.717, 1.165) is 27.9 Å². The van der Waals surface area contributed by atoms with Crippen LogP contribution in [0.2, 0.25) is 0 Å². The fraction of sp³-hybridized carbons (Fsp3) is 0.0833. The first kappa shape index (κ1) is 20.8. The smallest absolute Gasteiger partial charge is 0.335 e. The monoisotopic (exact) mass is 427 g/mol. The van der Waals surface area contributed by atoms with Gasteiger partial charge in [0.2, 0.25) is 5.91 Å². The van der Waals surface area contributed by atoms with Crippen molar-refractivity contribution in [2.24, 2.45) is 7.05 Å². The molecule has 0 saturated carbocycles. The number of carbonyl (C=O) groups excluding carboxylic acids is 1. The molecule has 8 nitrogen and oxygen atoms in total. The Kier molecular flexibility index (Phi) is 5.19. The lowest BCUT2D eigenvalue weighted by Crippen LogP contribution is -2.09. The molecule has 0 spiro atoms. The Hall–Kier alpha value is -4.46. The molecule has 0 atom stereocenters. The first-order chi connectivity index (χ1) is 15.3. The Balaban J connectivity index is 2.07. The molecule has 0 fully saturated rings. The number of carboxylic acid groups (broad SMARTS) is 1. The number of aromatic carboxylic acids is 1. The van der Waals surface area contributed by atoms with Gasteiger partial charge in [-0.15, -0.1) is 0 Å². The summed E-state index contributed by atoms with van der Waals surface area (Å²) in [7, 11) is 1.86. The number of carbonyl (C=O) groups is 2. The van der Waals surface area contributed by atoms with E-state index in [2.05, 4.69) is 21.9 Å². The molecule has 8 heteroatoms. The molecule has 4 rings (SSSR count). The van der Waals surface area contributed by atoms with Gasteiger partial charge < -0.3 is 20.7 Å². The molecule has 0 aliphatic rings. The second kappa shape index (κ2) is 7.99. The van der Waals surface area contributed by atoms with Gasteiger partial charge in [-0.05, 0) is 42.3 Å². The lowest BCUT2D eigenvalue weighted by Gasteiger charge is -2.15. The molecule has 2 heterocycles. The number of nitrogens with one attached hydrogen (secondary N) is 1. The van der Waals surface area contributed by atoms with Gasteiger partial charge in [-0.25, -0.2) is 14.8 Å². The van der Waals surface area contributed by atoms with Crippen LogP contribution in [0, 0.1) is 6.92 Å². The molecule has 160 valence electrons. The van der Waals surface area contributed by atoms with Crippen LogP contribution in [0.5, 0.6) is 0 Å². The first-order valence-corrected chi connectivity index (χ1v) is 9.78. The van der Waals surface area contributed by atoms with Crippen molar-refractivity contribution in [1.29, 1.82) is 0 Å². The van der Waals surface area contributed by atoms with E-state index >= 15 is 0 Å². The van der Waals surface area contributed by atoms with Gasteiger partial charge in [0, 0.05) is 18.2 Å². The highest BCUT2D eigenvalue weighted by Gasteiger charge is 2.24. The molecule has 0 unspecified atom stereocenters. The van der Waals surface area contributed by atoms with E-state index in [1.165, 1.54) is 24.5 Å². The zero-order valence-corrected chi connectivity index (χ0v) is 17.6. The number of hydrogen-bond donors (Lipinski definition) is 3. The average Bonchev–Trinajstić information content (AvgIpc) is 3.07. The number of amides is 1. The number of nitrogen functional groups attached to an aromatic ring is 1. The van der Waals surface area contributed by atoms with Crippen molar-refractivity contribution in [3.05, 3.63) is 72.6 Å². The van der Waals surface area contributed by atoms with E-state index in [9.17, 15) is 14.7 Å². The summed E-state index contributed by atoms with van der Waals surface area (Å²) in [6.07, 6.45) is 2.61. The molecule has 2 aromatic carbocycles. The Morgan fingerprint density at radius 1 is 1.16 bits per heavy atom. The Morgan fingerprint density at radius 2 is 1.88 bits per heavy atom. The van der Waals surface area contributed by atoms with Crippen LogP contribution in [0.4, 0.5) is 11.5 Å². The average molecular weight is 427 g/mol. The third kappa shape index (κ3) is 3.47. The van der Waals surface area contributed by atoms with Crippen molar-refractivity contribution in [3.63, 3.8) is 0 Å². The van der Waals surface area contributed by atoms with Crippen LogP contribution >= 0.6 is 0 Å². The number of nitrogens with two attached hydrogens (primary N) is 1. The maximum Gasteiger partial charge on any atom is 0.335 e. The fourth-order valence-electron chi connectivity index (χ4n) is 3.80. The third-order valence-electron chi connectivity index (χ3n) is 5.29. The Labute approximate surface area is 184 Å². The predicted molar refractivity (Wildman–Crippen MR) is 124 cm³/mol. The van der Waals surface area contributed by atoms with E-state index in [0.29, 0.717) is 22.5 Å². The summed E-state index contributed by atoms with van der Waals surface area (Å²) in [5.74, 6) is -1.04. The van der Waals surface area contributed by atoms with Gasteiger partial charge in [-0.2, -0.15) is 0 Å². The summed E-state index contributed by atoms with van der Waals surface area (Å²) in [5.41, 5.74) is 11.6. The van der Waals surface area contributed by atoms with Gasteiger partial charge in [0.1, 0.15) is 17.8 Å². The number of hydrogen-bond acceptors (Lipinski definition) is 5. The summed E-state index contributed by atoms with van der Waals surface area (Å²) < 4.78 is 1.89. The summed E-state index contributed by atoms with van der Waals surface area (Å²) in [4.78, 5) is 32.0. The highest BCUT2D eigenvalue weighted by molar-refractivity contribution is 6.10. The van der Waals surface area contributed by atoms with Crippen LogP contribution in [0.1, 0.15) is 15.9 Å². The summed E-state index contributed by atoms with van der Waals surface area (Å²) in [6, 6.07) is 12.3. The second-order valence-electron chi connectivity index (χ2n) is 7.37. The van der Waals surface area contributed by atoms with E-state index in [1.54, 1.807) is 12.1 Å². The molecule has 0 aliphatic carbocycles. The van der Waals surface area contributed by atoms with Gasteiger partial charge >= 0.3 is 5.97 Å². The molecule has 0 saturated heterocycles. The number of aryl methyl sites for hydroxylation is 2. The molecule has 32 heavy (non-hydrogen) atoms. The number of rotatable bonds is 5. The van der Waals surface area contributed by atoms with Crippen LogP contribution in [0.15, 0.2) is 61.4 Å². The topological polar surface area (TPSA) is 123 Å². The van der Waals surface area contributed by atoms with Crippen molar-refractivity contribution in [2.45, 2.75) is 6.92 Å². The van der Waals surface area contributed by atoms with Gasteiger partial charge in [0.05, 0.1) is 22.3 Å². The standard InChI is InChI=1S/C24H21N5O3/c1-4-18(30)28-17-11-13(2)5-10-16(17)21-19(14-6-8-15(9-7-14)24(31)32)20-22(25)26-12-27-23(20)29(21)3/h4-12H,1H2,2-3H3,(H,28,30)(H,31,32)(H2,25,26,27). The highest BCUT2D eigenvalue weighted by atomic mass is 16.4. The van der Waals surface area contributed by atoms with E-state index in [1.807, 2.05) is 36.7 Å². The van der Waals surface area contributed by atoms with Crippen LogP contribution in [0.3, 0.4) is 0 Å². The van der Waals surface area contributed by atoms with Crippen LogP contribution < -0.4 is 11.1 Å². The van der Waals surface area contributed by atoms with Crippen molar-refractivity contribution < 1.29 is 14.7 Å². The van der Waals surface area contributed by atoms with Crippen LogP contribution in [-0.2, 0) is 11.8 Å². The van der Waals surface area contributed by atoms with Gasteiger partial charge in [-0.1, -0.05) is 30.8 Å². The predicted octanol–water partition coefficient (Wildman–Crippen LogP) is 4.02. The minimum atomic E-state index is -1.01. The van der Waals surface area contributed by atoms with Crippen molar-refractivity contribution in [1.82, 2.24) is 14.5 Å².